The number of pyridine rings is 1. The second-order valence-electron chi connectivity index (χ2n) is 6.05. The summed E-state index contributed by atoms with van der Waals surface area (Å²) in [6.07, 6.45) is 1.91. The molecule has 0 unspecified atom stereocenters. The van der Waals surface area contributed by atoms with Crippen LogP contribution < -0.4 is 4.57 Å². The van der Waals surface area contributed by atoms with E-state index in [9.17, 15) is 4.79 Å². The van der Waals surface area contributed by atoms with E-state index in [0.717, 1.165) is 22.0 Å². The average molecular weight is 392 g/mol. The first-order valence-corrected chi connectivity index (χ1v) is 9.75. The van der Waals surface area contributed by atoms with Gasteiger partial charge in [0.05, 0.1) is 5.69 Å². The Morgan fingerprint density at radius 2 is 1.70 bits per heavy atom. The minimum absolute atomic E-state index is 0.0314. The molecule has 0 aliphatic carbocycles. The Kier molecular flexibility index (Phi) is 5.10. The number of nitrogens with zero attached hydrogens (tertiary/aromatic N) is 2. The lowest BCUT2D eigenvalue weighted by molar-refractivity contribution is -0.672. The van der Waals surface area contributed by atoms with E-state index < -0.39 is 0 Å². The molecule has 0 saturated heterocycles. The molecule has 2 aromatic carbocycles. The smallest absolute Gasteiger partial charge is 0.241 e. The molecule has 0 aliphatic heterocycles. The molecule has 0 N–H and O–H groups in total. The number of carbonyl (C=O) groups excluding carboxylic acids is 1. The van der Waals surface area contributed by atoms with Crippen LogP contribution in [0.4, 0.5) is 0 Å². The Morgan fingerprint density at radius 3 is 2.48 bits per heavy atom. The SMILES string of the molecule is O=C(C[n+]1ccccc1-c1nc(-c2ccccc2)cs1)c1ccc(Cl)cc1. The van der Waals surface area contributed by atoms with E-state index in [-0.39, 0.29) is 12.3 Å². The van der Waals surface area contributed by atoms with Gasteiger partial charge in [0.2, 0.25) is 18.0 Å². The molecule has 0 atom stereocenters. The van der Waals surface area contributed by atoms with Gasteiger partial charge in [-0.25, -0.2) is 4.98 Å². The number of thiazole rings is 1. The molecule has 0 spiro atoms. The van der Waals surface area contributed by atoms with Gasteiger partial charge >= 0.3 is 0 Å². The predicted octanol–water partition coefficient (Wildman–Crippen LogP) is 5.30. The van der Waals surface area contributed by atoms with Crippen molar-refractivity contribution < 1.29 is 9.36 Å². The summed E-state index contributed by atoms with van der Waals surface area (Å²) < 4.78 is 1.94. The zero-order chi connectivity index (χ0) is 18.6. The van der Waals surface area contributed by atoms with Gasteiger partial charge < -0.3 is 0 Å². The Hall–Kier alpha value is -2.82. The fourth-order valence-electron chi connectivity index (χ4n) is 2.82. The molecule has 27 heavy (non-hydrogen) atoms. The van der Waals surface area contributed by atoms with Crippen molar-refractivity contribution in [2.45, 2.75) is 6.54 Å². The van der Waals surface area contributed by atoms with Gasteiger partial charge in [-0.1, -0.05) is 41.9 Å². The maximum Gasteiger partial charge on any atom is 0.241 e. The van der Waals surface area contributed by atoms with Crippen LogP contribution in [-0.2, 0) is 6.54 Å². The molecule has 0 aliphatic rings. The van der Waals surface area contributed by atoms with Gasteiger partial charge in [0.25, 0.3) is 0 Å². The monoisotopic (exact) mass is 391 g/mol. The highest BCUT2D eigenvalue weighted by molar-refractivity contribution is 7.13. The van der Waals surface area contributed by atoms with E-state index in [1.807, 2.05) is 64.7 Å². The van der Waals surface area contributed by atoms with Crippen LogP contribution in [0, 0.1) is 0 Å². The second-order valence-corrected chi connectivity index (χ2v) is 7.34. The van der Waals surface area contributed by atoms with Crippen molar-refractivity contribution >= 4 is 28.7 Å². The van der Waals surface area contributed by atoms with Gasteiger partial charge in [-0.05, 0) is 30.3 Å². The van der Waals surface area contributed by atoms with Gasteiger partial charge in [-0.15, -0.1) is 11.3 Å². The Morgan fingerprint density at radius 1 is 0.963 bits per heavy atom. The van der Waals surface area contributed by atoms with Crippen LogP contribution in [-0.4, -0.2) is 10.8 Å². The summed E-state index contributed by atoms with van der Waals surface area (Å²) in [5.74, 6) is 0.0314. The third-order valence-electron chi connectivity index (χ3n) is 4.21. The second kappa shape index (κ2) is 7.82. The van der Waals surface area contributed by atoms with Crippen molar-refractivity contribution in [2.24, 2.45) is 0 Å². The third kappa shape index (κ3) is 3.97. The maximum atomic E-state index is 12.7. The molecule has 2 aromatic heterocycles. The minimum Gasteiger partial charge on any atom is -0.287 e. The van der Waals surface area contributed by atoms with Crippen LogP contribution in [0.25, 0.3) is 22.0 Å². The van der Waals surface area contributed by atoms with E-state index in [4.69, 9.17) is 16.6 Å². The standard InChI is InChI=1S/C22H16ClN2OS/c23-18-11-9-17(10-12-18)21(26)14-25-13-5-4-8-20(25)22-24-19(15-27-22)16-6-2-1-3-7-16/h1-13,15H,14H2/q+1. The number of halogens is 1. The molecule has 2 heterocycles. The summed E-state index contributed by atoms with van der Waals surface area (Å²) in [7, 11) is 0. The van der Waals surface area contributed by atoms with E-state index in [1.54, 1.807) is 35.6 Å². The first-order chi connectivity index (χ1) is 13.2. The molecule has 0 radical (unpaired) electrons. The minimum atomic E-state index is 0.0314. The molecule has 4 rings (SSSR count). The number of hydrogen-bond donors (Lipinski definition) is 0. The van der Waals surface area contributed by atoms with E-state index >= 15 is 0 Å². The summed E-state index contributed by atoms with van der Waals surface area (Å²) in [6.45, 7) is 0.248. The fraction of sp³-hybridized carbons (Fsp3) is 0.0455. The Labute approximate surface area is 166 Å². The largest absolute Gasteiger partial charge is 0.287 e. The lowest BCUT2D eigenvalue weighted by atomic mass is 10.1. The van der Waals surface area contributed by atoms with Crippen LogP contribution in [0.3, 0.4) is 0 Å². The van der Waals surface area contributed by atoms with Gasteiger partial charge in [0, 0.05) is 33.7 Å². The maximum absolute atomic E-state index is 12.7. The molecular formula is C22H16ClN2OS+. The summed E-state index contributed by atoms with van der Waals surface area (Å²) >= 11 is 7.49. The predicted molar refractivity (Wildman–Crippen MR) is 109 cm³/mol. The van der Waals surface area contributed by atoms with Crippen molar-refractivity contribution in [3.8, 4) is 22.0 Å². The molecule has 4 aromatic rings. The van der Waals surface area contributed by atoms with Gasteiger partial charge in [-0.2, -0.15) is 4.57 Å². The van der Waals surface area contributed by atoms with E-state index in [1.165, 1.54) is 0 Å². The summed E-state index contributed by atoms with van der Waals surface area (Å²) in [6, 6.07) is 22.9. The summed E-state index contributed by atoms with van der Waals surface area (Å²) in [4.78, 5) is 17.4. The lowest BCUT2D eigenvalue weighted by Gasteiger charge is -2.02. The number of benzene rings is 2. The average Bonchev–Trinajstić information content (AvgIpc) is 3.19. The number of rotatable bonds is 5. The number of aromatic nitrogens is 2. The van der Waals surface area contributed by atoms with Crippen molar-refractivity contribution in [2.75, 3.05) is 0 Å². The van der Waals surface area contributed by atoms with Crippen molar-refractivity contribution in [1.82, 2.24) is 4.98 Å². The van der Waals surface area contributed by atoms with Gasteiger partial charge in [-0.3, -0.25) is 4.79 Å². The van der Waals surface area contributed by atoms with Crippen LogP contribution >= 0.6 is 22.9 Å². The summed E-state index contributed by atoms with van der Waals surface area (Å²) in [5.41, 5.74) is 3.59. The topological polar surface area (TPSA) is 33.8 Å². The van der Waals surface area contributed by atoms with Gasteiger partial charge in [0.15, 0.2) is 11.2 Å². The molecule has 3 nitrogen and oxygen atoms in total. The zero-order valence-electron chi connectivity index (χ0n) is 14.4. The van der Waals surface area contributed by atoms with E-state index in [0.29, 0.717) is 10.6 Å². The molecule has 0 fully saturated rings. The number of carbonyl (C=O) groups is 1. The number of Topliss-reactive ketones (excluding diaryl/α,β-unsaturated/α-hetero) is 1. The first-order valence-electron chi connectivity index (χ1n) is 8.49. The highest BCUT2D eigenvalue weighted by Crippen LogP contribution is 2.27. The molecule has 5 heteroatoms. The van der Waals surface area contributed by atoms with Crippen LogP contribution in [0.2, 0.25) is 5.02 Å². The molecule has 0 bridgehead atoms. The van der Waals surface area contributed by atoms with Crippen LogP contribution in [0.1, 0.15) is 10.4 Å². The van der Waals surface area contributed by atoms with Crippen LogP contribution in [0.15, 0.2) is 84.4 Å². The van der Waals surface area contributed by atoms with Crippen LogP contribution in [0.5, 0.6) is 0 Å². The number of hydrogen-bond acceptors (Lipinski definition) is 3. The fourth-order valence-corrected chi connectivity index (χ4v) is 3.82. The lowest BCUT2D eigenvalue weighted by Crippen LogP contribution is -2.39. The van der Waals surface area contributed by atoms with Crippen molar-refractivity contribution in [3.63, 3.8) is 0 Å². The number of ketones is 1. The first kappa shape index (κ1) is 17.6. The van der Waals surface area contributed by atoms with Crippen molar-refractivity contribution in [1.29, 1.82) is 0 Å². The molecule has 0 amide bonds. The Bertz CT molecular complexity index is 1070. The third-order valence-corrected chi connectivity index (χ3v) is 5.33. The highest BCUT2D eigenvalue weighted by atomic mass is 35.5. The van der Waals surface area contributed by atoms with Crippen molar-refractivity contribution in [3.05, 3.63) is 95.0 Å². The van der Waals surface area contributed by atoms with Gasteiger partial charge in [0.1, 0.15) is 0 Å². The molecular weight excluding hydrogens is 376 g/mol. The quantitative estimate of drug-likeness (QED) is 0.341. The summed E-state index contributed by atoms with van der Waals surface area (Å²) in [5, 5.41) is 3.55. The molecule has 0 saturated carbocycles. The molecule has 132 valence electrons. The highest BCUT2D eigenvalue weighted by Gasteiger charge is 2.20. The zero-order valence-corrected chi connectivity index (χ0v) is 16.0. The Balaban J connectivity index is 1.63. The van der Waals surface area contributed by atoms with E-state index in [2.05, 4.69) is 0 Å². The normalized spacial score (nSPS) is 10.7.